The highest BCUT2D eigenvalue weighted by Crippen LogP contribution is 2.34. The summed E-state index contributed by atoms with van der Waals surface area (Å²) in [4.78, 5) is 5.40. The molecular weight excluding hydrogens is 252 g/mol. The number of nitrogens with one attached hydrogen (secondary N) is 1. The van der Waals surface area contributed by atoms with Gasteiger partial charge < -0.3 is 14.8 Å². The quantitative estimate of drug-likeness (QED) is 0.898. The number of H-pyrrole nitrogens is 1. The summed E-state index contributed by atoms with van der Waals surface area (Å²) in [7, 11) is 1.68. The maximum Gasteiger partial charge on any atom is 0.119 e. The number of methoxy groups -OCH3 is 1. The van der Waals surface area contributed by atoms with Gasteiger partial charge in [0.1, 0.15) is 5.75 Å². The molecule has 4 nitrogen and oxygen atoms in total. The first kappa shape index (κ1) is 13.2. The van der Waals surface area contributed by atoms with E-state index in [1.54, 1.807) is 7.11 Å². The van der Waals surface area contributed by atoms with Crippen LogP contribution in [0.3, 0.4) is 0 Å². The summed E-state index contributed by atoms with van der Waals surface area (Å²) in [5.74, 6) is 0.866. The molecule has 2 atom stereocenters. The molecule has 2 aromatic rings. The lowest BCUT2D eigenvalue weighted by Crippen LogP contribution is -2.24. The first-order valence-electron chi connectivity index (χ1n) is 6.94. The number of aliphatic hydroxyl groups is 1. The number of nitrogens with zero attached hydrogens (tertiary/aromatic N) is 1. The number of hydrogen-bond acceptors (Lipinski definition) is 3. The highest BCUT2D eigenvalue weighted by molar-refractivity contribution is 5.31. The van der Waals surface area contributed by atoms with E-state index in [1.165, 1.54) is 11.1 Å². The number of aromatic amines is 1. The number of likely N-dealkylation sites (tertiary alicyclic amines) is 1. The van der Waals surface area contributed by atoms with Crippen LogP contribution in [-0.2, 0) is 6.54 Å². The van der Waals surface area contributed by atoms with E-state index in [1.807, 2.05) is 24.5 Å². The molecule has 106 valence electrons. The fourth-order valence-electron chi connectivity index (χ4n) is 2.94. The van der Waals surface area contributed by atoms with Gasteiger partial charge in [0.2, 0.25) is 0 Å². The SMILES string of the molecule is COc1cccc([C@H]2C[C@H](O)CN2Cc2cc[nH]c2)c1. The largest absolute Gasteiger partial charge is 0.497 e. The Balaban J connectivity index is 1.81. The number of ether oxygens (including phenoxy) is 1. The molecule has 0 aliphatic carbocycles. The van der Waals surface area contributed by atoms with Gasteiger partial charge in [-0.05, 0) is 35.7 Å². The summed E-state index contributed by atoms with van der Waals surface area (Å²) in [5, 5.41) is 10.0. The van der Waals surface area contributed by atoms with Crippen LogP contribution in [0.1, 0.15) is 23.6 Å². The Morgan fingerprint density at radius 3 is 3.05 bits per heavy atom. The molecule has 4 heteroatoms. The van der Waals surface area contributed by atoms with Crippen LogP contribution >= 0.6 is 0 Å². The van der Waals surface area contributed by atoms with Crippen LogP contribution in [-0.4, -0.2) is 34.7 Å². The van der Waals surface area contributed by atoms with E-state index in [0.717, 1.165) is 18.7 Å². The molecule has 3 rings (SSSR count). The third-order valence-corrected chi connectivity index (χ3v) is 3.91. The maximum absolute atomic E-state index is 10.0. The van der Waals surface area contributed by atoms with E-state index >= 15 is 0 Å². The van der Waals surface area contributed by atoms with Crippen LogP contribution in [0.5, 0.6) is 5.75 Å². The fourth-order valence-corrected chi connectivity index (χ4v) is 2.94. The van der Waals surface area contributed by atoms with Crippen LogP contribution in [0, 0.1) is 0 Å². The Labute approximate surface area is 119 Å². The van der Waals surface area contributed by atoms with Crippen molar-refractivity contribution in [2.24, 2.45) is 0 Å². The van der Waals surface area contributed by atoms with Gasteiger partial charge in [-0.15, -0.1) is 0 Å². The second kappa shape index (κ2) is 5.69. The van der Waals surface area contributed by atoms with Gasteiger partial charge in [0.15, 0.2) is 0 Å². The summed E-state index contributed by atoms with van der Waals surface area (Å²) in [6.45, 7) is 1.56. The van der Waals surface area contributed by atoms with Crippen LogP contribution in [0.2, 0.25) is 0 Å². The van der Waals surface area contributed by atoms with E-state index in [0.29, 0.717) is 6.54 Å². The zero-order chi connectivity index (χ0) is 13.9. The van der Waals surface area contributed by atoms with Crippen LogP contribution in [0.25, 0.3) is 0 Å². The Bertz CT molecular complexity index is 553. The summed E-state index contributed by atoms with van der Waals surface area (Å²) in [5.41, 5.74) is 2.45. The van der Waals surface area contributed by atoms with E-state index in [9.17, 15) is 5.11 Å². The fraction of sp³-hybridized carbons (Fsp3) is 0.375. The third kappa shape index (κ3) is 2.71. The van der Waals surface area contributed by atoms with Crippen molar-refractivity contribution in [3.05, 3.63) is 53.9 Å². The molecule has 0 saturated carbocycles. The Morgan fingerprint density at radius 2 is 2.30 bits per heavy atom. The Kier molecular flexibility index (Phi) is 3.76. The smallest absolute Gasteiger partial charge is 0.119 e. The third-order valence-electron chi connectivity index (χ3n) is 3.91. The molecule has 0 amide bonds. The predicted molar refractivity (Wildman–Crippen MR) is 77.6 cm³/mol. The molecule has 0 bridgehead atoms. The molecule has 2 N–H and O–H groups in total. The number of aliphatic hydroxyl groups excluding tert-OH is 1. The van der Waals surface area contributed by atoms with Crippen molar-refractivity contribution >= 4 is 0 Å². The zero-order valence-corrected chi connectivity index (χ0v) is 11.6. The summed E-state index contributed by atoms with van der Waals surface area (Å²) in [6, 6.07) is 10.4. The average molecular weight is 272 g/mol. The minimum Gasteiger partial charge on any atom is -0.497 e. The first-order chi connectivity index (χ1) is 9.76. The molecule has 0 radical (unpaired) electrons. The lowest BCUT2D eigenvalue weighted by molar-refractivity contribution is 0.172. The molecule has 1 saturated heterocycles. The van der Waals surface area contributed by atoms with Crippen molar-refractivity contribution < 1.29 is 9.84 Å². The monoisotopic (exact) mass is 272 g/mol. The van der Waals surface area contributed by atoms with E-state index in [4.69, 9.17) is 4.74 Å². The van der Waals surface area contributed by atoms with Gasteiger partial charge in [0, 0.05) is 31.5 Å². The number of β-amino-alcohol motifs (C(OH)–C–C–N with tert-alkyl or cyclic N) is 1. The second-order valence-corrected chi connectivity index (χ2v) is 5.33. The van der Waals surface area contributed by atoms with Gasteiger partial charge in [0.25, 0.3) is 0 Å². The van der Waals surface area contributed by atoms with Crippen LogP contribution in [0.15, 0.2) is 42.7 Å². The number of hydrogen-bond donors (Lipinski definition) is 2. The second-order valence-electron chi connectivity index (χ2n) is 5.33. The standard InChI is InChI=1S/C16H20N2O2/c1-20-15-4-2-3-13(7-15)16-8-14(19)11-18(16)10-12-5-6-17-9-12/h2-7,9,14,16-17,19H,8,10-11H2,1H3/t14-,16+/m0/s1. The van der Waals surface area contributed by atoms with Gasteiger partial charge in [0.05, 0.1) is 13.2 Å². The lowest BCUT2D eigenvalue weighted by atomic mass is 10.0. The molecule has 0 unspecified atom stereocenters. The van der Waals surface area contributed by atoms with Gasteiger partial charge >= 0.3 is 0 Å². The minimum absolute atomic E-state index is 0.245. The van der Waals surface area contributed by atoms with Crippen LogP contribution in [0.4, 0.5) is 0 Å². The van der Waals surface area contributed by atoms with Gasteiger partial charge in [-0.25, -0.2) is 0 Å². The normalized spacial score (nSPS) is 23.1. The van der Waals surface area contributed by atoms with Crippen molar-refractivity contribution in [2.75, 3.05) is 13.7 Å². The van der Waals surface area contributed by atoms with Crippen molar-refractivity contribution in [1.29, 1.82) is 0 Å². The summed E-state index contributed by atoms with van der Waals surface area (Å²) in [6.07, 6.45) is 4.46. The lowest BCUT2D eigenvalue weighted by Gasteiger charge is -2.24. The first-order valence-corrected chi connectivity index (χ1v) is 6.94. The molecule has 1 aliphatic heterocycles. The zero-order valence-electron chi connectivity index (χ0n) is 11.6. The van der Waals surface area contributed by atoms with Gasteiger partial charge in [-0.3, -0.25) is 4.90 Å². The molecule has 1 fully saturated rings. The number of benzene rings is 1. The van der Waals surface area contributed by atoms with Crippen LogP contribution < -0.4 is 4.74 Å². The van der Waals surface area contributed by atoms with E-state index < -0.39 is 0 Å². The van der Waals surface area contributed by atoms with Gasteiger partial charge in [-0.2, -0.15) is 0 Å². The molecule has 0 spiro atoms. The predicted octanol–water partition coefficient (Wildman–Crippen LogP) is 2.33. The minimum atomic E-state index is -0.259. The Morgan fingerprint density at radius 1 is 1.40 bits per heavy atom. The Hall–Kier alpha value is -1.78. The average Bonchev–Trinajstić information content (AvgIpc) is 3.09. The van der Waals surface area contributed by atoms with Crippen molar-refractivity contribution in [3.63, 3.8) is 0 Å². The van der Waals surface area contributed by atoms with Crippen molar-refractivity contribution in [1.82, 2.24) is 9.88 Å². The van der Waals surface area contributed by atoms with Crippen molar-refractivity contribution in [2.45, 2.75) is 25.1 Å². The molecule has 2 heterocycles. The highest BCUT2D eigenvalue weighted by atomic mass is 16.5. The van der Waals surface area contributed by atoms with E-state index in [-0.39, 0.29) is 12.1 Å². The van der Waals surface area contributed by atoms with E-state index in [2.05, 4.69) is 28.1 Å². The van der Waals surface area contributed by atoms with Crippen molar-refractivity contribution in [3.8, 4) is 5.75 Å². The number of aromatic nitrogens is 1. The highest BCUT2D eigenvalue weighted by Gasteiger charge is 2.32. The maximum atomic E-state index is 10.0. The molecule has 1 aromatic carbocycles. The number of rotatable bonds is 4. The molecule has 1 aliphatic rings. The summed E-state index contributed by atoms with van der Waals surface area (Å²) >= 11 is 0. The summed E-state index contributed by atoms with van der Waals surface area (Å²) < 4.78 is 5.30. The molecule has 1 aromatic heterocycles. The molecule has 20 heavy (non-hydrogen) atoms. The van der Waals surface area contributed by atoms with Gasteiger partial charge in [-0.1, -0.05) is 12.1 Å². The molecular formula is C16H20N2O2. The topological polar surface area (TPSA) is 48.5 Å².